The third-order valence-corrected chi connectivity index (χ3v) is 4.06. The quantitative estimate of drug-likeness (QED) is 0.703. The third kappa shape index (κ3) is 5.06. The van der Waals surface area contributed by atoms with Crippen LogP contribution in [0.5, 0.6) is 11.5 Å². The van der Waals surface area contributed by atoms with Crippen molar-refractivity contribution in [2.75, 3.05) is 13.7 Å². The zero-order valence-corrected chi connectivity index (χ0v) is 13.5. The summed E-state index contributed by atoms with van der Waals surface area (Å²) >= 11 is 1.70. The van der Waals surface area contributed by atoms with Gasteiger partial charge in [-0.15, -0.1) is 11.3 Å². The lowest BCUT2D eigenvalue weighted by molar-refractivity contribution is 0.287. The molecule has 21 heavy (non-hydrogen) atoms. The van der Waals surface area contributed by atoms with Crippen LogP contribution in [0.3, 0.4) is 0 Å². The van der Waals surface area contributed by atoms with Crippen molar-refractivity contribution in [2.45, 2.75) is 32.9 Å². The van der Waals surface area contributed by atoms with Gasteiger partial charge in [0, 0.05) is 11.4 Å². The summed E-state index contributed by atoms with van der Waals surface area (Å²) in [5, 5.41) is 5.49. The van der Waals surface area contributed by atoms with Crippen molar-refractivity contribution < 1.29 is 9.47 Å². The number of benzene rings is 1. The highest BCUT2D eigenvalue weighted by atomic mass is 32.1. The van der Waals surface area contributed by atoms with Crippen LogP contribution in [0.4, 0.5) is 0 Å². The number of methoxy groups -OCH3 is 1. The van der Waals surface area contributed by atoms with E-state index in [9.17, 15) is 0 Å². The Hall–Kier alpha value is -1.52. The second-order valence-corrected chi connectivity index (χ2v) is 5.92. The Morgan fingerprint density at radius 1 is 1.19 bits per heavy atom. The van der Waals surface area contributed by atoms with E-state index in [0.29, 0.717) is 6.61 Å². The average Bonchev–Trinajstić information content (AvgIpc) is 3.03. The highest BCUT2D eigenvalue weighted by Gasteiger charge is 2.06. The van der Waals surface area contributed by atoms with Crippen molar-refractivity contribution in [1.29, 1.82) is 0 Å². The van der Waals surface area contributed by atoms with Crippen LogP contribution < -0.4 is 14.8 Å². The fourth-order valence-electron chi connectivity index (χ4n) is 2.02. The fourth-order valence-corrected chi connectivity index (χ4v) is 2.64. The molecule has 3 nitrogen and oxygen atoms in total. The van der Waals surface area contributed by atoms with E-state index in [0.717, 1.165) is 24.6 Å². The molecule has 0 aliphatic heterocycles. The minimum atomic E-state index is 0.585. The Labute approximate surface area is 130 Å². The molecule has 4 heteroatoms. The molecule has 0 radical (unpaired) electrons. The largest absolute Gasteiger partial charge is 0.493 e. The van der Waals surface area contributed by atoms with Crippen molar-refractivity contribution in [2.24, 2.45) is 0 Å². The number of thiophene rings is 1. The summed E-state index contributed by atoms with van der Waals surface area (Å²) < 4.78 is 11.3. The standard InChI is InChI=1S/C17H23NO2S/c1-3-4-9-18-12-14-7-8-16(17(11-14)19-2)20-13-15-6-5-10-21-15/h5-8,10-11,18H,3-4,9,12-13H2,1-2H3. The number of hydrogen-bond donors (Lipinski definition) is 1. The van der Waals surface area contributed by atoms with Gasteiger partial charge in [-0.25, -0.2) is 0 Å². The van der Waals surface area contributed by atoms with E-state index in [4.69, 9.17) is 9.47 Å². The Balaban J connectivity index is 1.92. The molecule has 0 bridgehead atoms. The number of rotatable bonds is 9. The van der Waals surface area contributed by atoms with Gasteiger partial charge >= 0.3 is 0 Å². The molecule has 0 fully saturated rings. The van der Waals surface area contributed by atoms with Gasteiger partial charge < -0.3 is 14.8 Å². The van der Waals surface area contributed by atoms with Gasteiger partial charge in [0.05, 0.1) is 7.11 Å². The Morgan fingerprint density at radius 2 is 2.10 bits per heavy atom. The van der Waals surface area contributed by atoms with Gasteiger partial charge in [-0.3, -0.25) is 0 Å². The molecule has 2 rings (SSSR count). The van der Waals surface area contributed by atoms with Crippen LogP contribution in [0, 0.1) is 0 Å². The topological polar surface area (TPSA) is 30.5 Å². The smallest absolute Gasteiger partial charge is 0.161 e. The summed E-state index contributed by atoms with van der Waals surface area (Å²) in [7, 11) is 1.68. The molecule has 0 saturated heterocycles. The number of hydrogen-bond acceptors (Lipinski definition) is 4. The van der Waals surface area contributed by atoms with Crippen LogP contribution in [0.25, 0.3) is 0 Å². The molecule has 0 spiro atoms. The van der Waals surface area contributed by atoms with Crippen molar-refractivity contribution in [3.63, 3.8) is 0 Å². The van der Waals surface area contributed by atoms with Crippen molar-refractivity contribution in [3.8, 4) is 11.5 Å². The molecule has 0 aliphatic carbocycles. The number of ether oxygens (including phenoxy) is 2. The minimum absolute atomic E-state index is 0.585. The van der Waals surface area contributed by atoms with E-state index in [2.05, 4.69) is 29.8 Å². The Kier molecular flexibility index (Phi) is 6.57. The maximum Gasteiger partial charge on any atom is 0.161 e. The highest BCUT2D eigenvalue weighted by molar-refractivity contribution is 7.09. The van der Waals surface area contributed by atoms with Crippen LogP contribution in [0.2, 0.25) is 0 Å². The van der Waals surface area contributed by atoms with Gasteiger partial charge in [0.1, 0.15) is 6.61 Å². The summed E-state index contributed by atoms with van der Waals surface area (Å²) in [6.45, 7) is 4.70. The predicted octanol–water partition coefficient (Wildman–Crippen LogP) is 4.23. The Morgan fingerprint density at radius 3 is 2.81 bits per heavy atom. The molecule has 1 N–H and O–H groups in total. The number of unbranched alkanes of at least 4 members (excludes halogenated alkanes) is 1. The van der Waals surface area contributed by atoms with Gasteiger partial charge in [-0.05, 0) is 42.1 Å². The summed E-state index contributed by atoms with van der Waals surface area (Å²) in [4.78, 5) is 1.21. The lowest BCUT2D eigenvalue weighted by Crippen LogP contribution is -2.14. The zero-order chi connectivity index (χ0) is 14.9. The van der Waals surface area contributed by atoms with Gasteiger partial charge in [-0.1, -0.05) is 25.5 Å². The molecule has 0 unspecified atom stereocenters. The van der Waals surface area contributed by atoms with Gasteiger partial charge in [0.25, 0.3) is 0 Å². The molecule has 114 valence electrons. The van der Waals surface area contributed by atoms with Gasteiger partial charge in [0.2, 0.25) is 0 Å². The number of nitrogens with one attached hydrogen (secondary N) is 1. The molecule has 1 heterocycles. The second kappa shape index (κ2) is 8.70. The lowest BCUT2D eigenvalue weighted by Gasteiger charge is -2.12. The van der Waals surface area contributed by atoms with Crippen LogP contribution in [-0.4, -0.2) is 13.7 Å². The zero-order valence-electron chi connectivity index (χ0n) is 12.7. The lowest BCUT2D eigenvalue weighted by atomic mass is 10.2. The van der Waals surface area contributed by atoms with E-state index in [1.165, 1.54) is 23.3 Å². The first kappa shape index (κ1) is 15.9. The first-order valence-corrected chi connectivity index (χ1v) is 8.24. The molecule has 0 aliphatic rings. The van der Waals surface area contributed by atoms with E-state index >= 15 is 0 Å². The second-order valence-electron chi connectivity index (χ2n) is 4.88. The molecule has 0 atom stereocenters. The minimum Gasteiger partial charge on any atom is -0.493 e. The highest BCUT2D eigenvalue weighted by Crippen LogP contribution is 2.29. The summed E-state index contributed by atoms with van der Waals surface area (Å²) in [6.07, 6.45) is 2.42. The van der Waals surface area contributed by atoms with Crippen LogP contribution in [0.15, 0.2) is 35.7 Å². The molecule has 0 saturated carbocycles. The SMILES string of the molecule is CCCCNCc1ccc(OCc2cccs2)c(OC)c1. The van der Waals surface area contributed by atoms with E-state index in [-0.39, 0.29) is 0 Å². The van der Waals surface area contributed by atoms with Crippen LogP contribution >= 0.6 is 11.3 Å². The third-order valence-electron chi connectivity index (χ3n) is 3.21. The summed E-state index contributed by atoms with van der Waals surface area (Å²) in [5.74, 6) is 1.59. The van der Waals surface area contributed by atoms with Crippen molar-refractivity contribution in [1.82, 2.24) is 5.32 Å². The van der Waals surface area contributed by atoms with E-state index < -0.39 is 0 Å². The van der Waals surface area contributed by atoms with Crippen LogP contribution in [0.1, 0.15) is 30.2 Å². The summed E-state index contributed by atoms with van der Waals surface area (Å²) in [6, 6.07) is 10.2. The molecule has 1 aromatic carbocycles. The van der Waals surface area contributed by atoms with Crippen molar-refractivity contribution in [3.05, 3.63) is 46.2 Å². The van der Waals surface area contributed by atoms with Gasteiger partial charge in [-0.2, -0.15) is 0 Å². The predicted molar refractivity (Wildman–Crippen MR) is 88.3 cm³/mol. The first-order chi connectivity index (χ1) is 10.3. The Bertz CT molecular complexity index is 526. The molecular weight excluding hydrogens is 282 g/mol. The van der Waals surface area contributed by atoms with E-state index in [1.54, 1.807) is 18.4 Å². The molecule has 1 aromatic heterocycles. The molecular formula is C17H23NO2S. The molecule has 2 aromatic rings. The average molecular weight is 305 g/mol. The maximum atomic E-state index is 5.84. The maximum absolute atomic E-state index is 5.84. The molecule has 0 amide bonds. The normalized spacial score (nSPS) is 10.6. The fraction of sp³-hybridized carbons (Fsp3) is 0.412. The van der Waals surface area contributed by atoms with Crippen molar-refractivity contribution >= 4 is 11.3 Å². The van der Waals surface area contributed by atoms with E-state index in [1.807, 2.05) is 18.2 Å². The van der Waals surface area contributed by atoms with Crippen LogP contribution in [-0.2, 0) is 13.2 Å². The first-order valence-electron chi connectivity index (χ1n) is 7.36. The van der Waals surface area contributed by atoms with Gasteiger partial charge in [0.15, 0.2) is 11.5 Å². The summed E-state index contributed by atoms with van der Waals surface area (Å²) in [5.41, 5.74) is 1.21. The monoisotopic (exact) mass is 305 g/mol.